The fourth-order valence-electron chi connectivity index (χ4n) is 4.10. The van der Waals surface area contributed by atoms with Crippen LogP contribution < -0.4 is 9.75 Å². The van der Waals surface area contributed by atoms with Gasteiger partial charge < -0.3 is 9.84 Å². The zero-order valence-electron chi connectivity index (χ0n) is 16.2. The second-order valence-corrected chi connectivity index (χ2v) is 7.42. The highest BCUT2D eigenvalue weighted by molar-refractivity contribution is 6.08. The average Bonchev–Trinajstić information content (AvgIpc) is 3.19. The molecule has 0 amide bonds. The van der Waals surface area contributed by atoms with Crippen LogP contribution in [0.5, 0.6) is 5.75 Å². The topological polar surface area (TPSA) is 85.9 Å². The second kappa shape index (κ2) is 7.26. The molecule has 0 aliphatic carbocycles. The summed E-state index contributed by atoms with van der Waals surface area (Å²) in [6.07, 6.45) is 0. The minimum Gasteiger partial charge on any atom is -0.492 e. The molecule has 7 heteroatoms. The van der Waals surface area contributed by atoms with Crippen LogP contribution in [0.25, 0.3) is 0 Å². The van der Waals surface area contributed by atoms with Crippen LogP contribution in [-0.4, -0.2) is 23.4 Å². The number of nitrogens with zero attached hydrogens (tertiary/aromatic N) is 3. The summed E-state index contributed by atoms with van der Waals surface area (Å²) >= 11 is 0. The molecule has 2 aliphatic heterocycles. The number of hydrogen-bond acceptors (Lipinski definition) is 5. The number of rotatable bonds is 3. The van der Waals surface area contributed by atoms with Crippen LogP contribution in [0, 0.1) is 23.1 Å². The van der Waals surface area contributed by atoms with Gasteiger partial charge in [-0.15, -0.1) is 0 Å². The SMILES string of the molecule is N#Cc1ccc(N2N=C3c4ccc(C(=O)O)cc4OC[C@H]3[C@H]2c2ccc(F)cc2)cc1. The summed E-state index contributed by atoms with van der Waals surface area (Å²) in [6.45, 7) is 0.309. The molecule has 0 spiro atoms. The molecule has 3 aromatic rings. The van der Waals surface area contributed by atoms with Crippen molar-refractivity contribution in [1.82, 2.24) is 0 Å². The van der Waals surface area contributed by atoms with Gasteiger partial charge in [-0.25, -0.2) is 9.18 Å². The molecule has 0 radical (unpaired) electrons. The van der Waals surface area contributed by atoms with Crippen LogP contribution in [0.2, 0.25) is 0 Å². The van der Waals surface area contributed by atoms with E-state index < -0.39 is 5.97 Å². The minimum atomic E-state index is -1.02. The fraction of sp³-hybridized carbons (Fsp3) is 0.125. The molecule has 0 fully saturated rings. The van der Waals surface area contributed by atoms with Crippen molar-refractivity contribution in [2.24, 2.45) is 11.0 Å². The number of benzene rings is 3. The van der Waals surface area contributed by atoms with Crippen molar-refractivity contribution in [3.63, 3.8) is 0 Å². The molecule has 31 heavy (non-hydrogen) atoms. The van der Waals surface area contributed by atoms with E-state index in [0.29, 0.717) is 17.9 Å². The summed E-state index contributed by atoms with van der Waals surface area (Å²) in [4.78, 5) is 11.3. The van der Waals surface area contributed by atoms with E-state index in [1.54, 1.807) is 30.3 Å². The van der Waals surface area contributed by atoms with Crippen molar-refractivity contribution in [2.75, 3.05) is 11.6 Å². The molecule has 0 aromatic heterocycles. The van der Waals surface area contributed by atoms with E-state index in [1.807, 2.05) is 17.1 Å². The lowest BCUT2D eigenvalue weighted by Crippen LogP contribution is -2.33. The molecule has 0 bridgehead atoms. The van der Waals surface area contributed by atoms with E-state index in [1.165, 1.54) is 24.3 Å². The standard InChI is InChI=1S/C24H16FN3O3/c25-17-6-3-15(4-7-17)23-20-13-31-21-11-16(24(29)30)5-10-19(21)22(20)27-28(23)18-8-1-14(12-26)2-9-18/h1-11,20,23H,13H2,(H,29,30)/t20-,23-/m1/s1. The summed E-state index contributed by atoms with van der Waals surface area (Å²) < 4.78 is 19.5. The smallest absolute Gasteiger partial charge is 0.335 e. The van der Waals surface area contributed by atoms with Crippen molar-refractivity contribution in [1.29, 1.82) is 5.26 Å². The summed E-state index contributed by atoms with van der Waals surface area (Å²) in [6, 6.07) is 20.0. The van der Waals surface area contributed by atoms with Crippen molar-refractivity contribution in [3.05, 3.63) is 94.8 Å². The number of nitriles is 1. The highest BCUT2D eigenvalue weighted by atomic mass is 19.1. The molecule has 152 valence electrons. The van der Waals surface area contributed by atoms with Crippen molar-refractivity contribution >= 4 is 17.4 Å². The van der Waals surface area contributed by atoms with E-state index in [2.05, 4.69) is 6.07 Å². The molecular weight excluding hydrogens is 397 g/mol. The first-order chi connectivity index (χ1) is 15.0. The van der Waals surface area contributed by atoms with Crippen LogP contribution in [0.4, 0.5) is 10.1 Å². The highest BCUT2D eigenvalue weighted by Gasteiger charge is 2.43. The van der Waals surface area contributed by atoms with Gasteiger partial charge in [0.15, 0.2) is 0 Å². The van der Waals surface area contributed by atoms with Gasteiger partial charge in [0, 0.05) is 5.56 Å². The first-order valence-corrected chi connectivity index (χ1v) is 9.69. The predicted octanol–water partition coefficient (Wildman–Crippen LogP) is 4.37. The molecule has 5 rings (SSSR count). The first-order valence-electron chi connectivity index (χ1n) is 9.69. The van der Waals surface area contributed by atoms with Crippen LogP contribution in [-0.2, 0) is 0 Å². The number of halogens is 1. The second-order valence-electron chi connectivity index (χ2n) is 7.42. The molecule has 0 saturated carbocycles. The lowest BCUT2D eigenvalue weighted by Gasteiger charge is -2.30. The van der Waals surface area contributed by atoms with Gasteiger partial charge in [-0.1, -0.05) is 12.1 Å². The number of carboxylic acids is 1. The molecule has 3 aromatic carbocycles. The number of hydrazone groups is 1. The molecule has 2 aliphatic rings. The van der Waals surface area contributed by atoms with E-state index >= 15 is 0 Å². The third kappa shape index (κ3) is 3.19. The maximum atomic E-state index is 13.6. The Kier molecular flexibility index (Phi) is 4.41. The molecule has 6 nitrogen and oxygen atoms in total. The van der Waals surface area contributed by atoms with Gasteiger partial charge in [0.2, 0.25) is 0 Å². The zero-order valence-corrected chi connectivity index (χ0v) is 16.2. The van der Waals surface area contributed by atoms with Gasteiger partial charge in [0.05, 0.1) is 47.2 Å². The number of carboxylic acid groups (broad SMARTS) is 1. The molecule has 0 unspecified atom stereocenters. The Morgan fingerprint density at radius 2 is 1.87 bits per heavy atom. The number of ether oxygens (including phenoxy) is 1. The molecular formula is C24H16FN3O3. The normalized spacial score (nSPS) is 19.0. The maximum Gasteiger partial charge on any atom is 0.335 e. The Hall–Kier alpha value is -4.18. The van der Waals surface area contributed by atoms with Crippen molar-refractivity contribution in [2.45, 2.75) is 6.04 Å². The van der Waals surface area contributed by atoms with Gasteiger partial charge in [0.25, 0.3) is 0 Å². The third-order valence-corrected chi connectivity index (χ3v) is 5.61. The van der Waals surface area contributed by atoms with Gasteiger partial charge in [-0.2, -0.15) is 10.4 Å². The Labute approximate surface area is 177 Å². The van der Waals surface area contributed by atoms with Gasteiger partial charge in [-0.05, 0) is 60.2 Å². The molecule has 2 atom stereocenters. The van der Waals surface area contributed by atoms with Crippen LogP contribution in [0.3, 0.4) is 0 Å². The van der Waals surface area contributed by atoms with E-state index in [0.717, 1.165) is 22.5 Å². The number of hydrogen-bond donors (Lipinski definition) is 1. The van der Waals surface area contributed by atoms with Crippen molar-refractivity contribution in [3.8, 4) is 11.8 Å². The lowest BCUT2D eigenvalue weighted by atomic mass is 9.85. The van der Waals surface area contributed by atoms with Crippen molar-refractivity contribution < 1.29 is 19.0 Å². The van der Waals surface area contributed by atoms with Crippen LogP contribution in [0.1, 0.15) is 33.1 Å². The lowest BCUT2D eigenvalue weighted by molar-refractivity contribution is 0.0696. The molecule has 2 heterocycles. The zero-order chi connectivity index (χ0) is 21.5. The average molecular weight is 413 g/mol. The Bertz CT molecular complexity index is 1250. The number of anilines is 1. The summed E-state index contributed by atoms with van der Waals surface area (Å²) in [5, 5.41) is 25.1. The van der Waals surface area contributed by atoms with Gasteiger partial charge in [-0.3, -0.25) is 5.01 Å². The summed E-state index contributed by atoms with van der Waals surface area (Å²) in [5.41, 5.74) is 3.89. The minimum absolute atomic E-state index is 0.135. The third-order valence-electron chi connectivity index (χ3n) is 5.61. The number of carbonyl (C=O) groups is 1. The fourth-order valence-corrected chi connectivity index (χ4v) is 4.10. The number of fused-ring (bicyclic) bond motifs is 3. The van der Waals surface area contributed by atoms with E-state index in [4.69, 9.17) is 15.1 Å². The summed E-state index contributed by atoms with van der Waals surface area (Å²) in [5.74, 6) is -0.997. The first kappa shape index (κ1) is 18.8. The number of aromatic carboxylic acids is 1. The highest BCUT2D eigenvalue weighted by Crippen LogP contribution is 2.44. The molecule has 0 saturated heterocycles. The van der Waals surface area contributed by atoms with Crippen LogP contribution >= 0.6 is 0 Å². The monoisotopic (exact) mass is 413 g/mol. The van der Waals surface area contributed by atoms with E-state index in [-0.39, 0.29) is 23.3 Å². The maximum absolute atomic E-state index is 13.6. The summed E-state index contributed by atoms with van der Waals surface area (Å²) in [7, 11) is 0. The Morgan fingerprint density at radius 3 is 2.55 bits per heavy atom. The Balaban J connectivity index is 1.62. The quantitative estimate of drug-likeness (QED) is 0.689. The van der Waals surface area contributed by atoms with Crippen LogP contribution in [0.15, 0.2) is 71.8 Å². The predicted molar refractivity (Wildman–Crippen MR) is 112 cm³/mol. The molecule has 1 N–H and O–H groups in total. The van der Waals surface area contributed by atoms with Gasteiger partial charge >= 0.3 is 5.97 Å². The Morgan fingerprint density at radius 1 is 1.13 bits per heavy atom. The van der Waals surface area contributed by atoms with Gasteiger partial charge in [0.1, 0.15) is 11.6 Å². The largest absolute Gasteiger partial charge is 0.492 e. The van der Waals surface area contributed by atoms with E-state index in [9.17, 15) is 14.3 Å².